The fourth-order valence-electron chi connectivity index (χ4n) is 2.50. The van der Waals surface area contributed by atoms with E-state index in [9.17, 15) is 0 Å². The molecule has 1 aliphatic heterocycles. The van der Waals surface area contributed by atoms with Gasteiger partial charge in [0, 0.05) is 16.2 Å². The molecule has 2 heterocycles. The summed E-state index contributed by atoms with van der Waals surface area (Å²) in [5, 5.41) is 7.35. The van der Waals surface area contributed by atoms with Crippen LogP contribution in [0.3, 0.4) is 0 Å². The zero-order valence-electron chi connectivity index (χ0n) is 11.7. The van der Waals surface area contributed by atoms with Gasteiger partial charge >= 0.3 is 0 Å². The lowest BCUT2D eigenvalue weighted by Gasteiger charge is -2.21. The maximum Gasteiger partial charge on any atom is 0.249 e. The van der Waals surface area contributed by atoms with Crippen molar-refractivity contribution in [2.75, 3.05) is 4.90 Å². The summed E-state index contributed by atoms with van der Waals surface area (Å²) in [5.41, 5.74) is 3.55. The van der Waals surface area contributed by atoms with E-state index in [1.807, 2.05) is 35.4 Å². The molecule has 2 aromatic carbocycles. The summed E-state index contributed by atoms with van der Waals surface area (Å²) < 4.78 is 1.05. The minimum Gasteiger partial charge on any atom is -0.311 e. The highest BCUT2D eigenvalue weighted by Crippen LogP contribution is 2.25. The molecule has 1 aliphatic rings. The van der Waals surface area contributed by atoms with E-state index in [0.29, 0.717) is 5.95 Å². The van der Waals surface area contributed by atoms with Crippen LogP contribution in [0.1, 0.15) is 11.1 Å². The number of aromatic nitrogens is 3. The summed E-state index contributed by atoms with van der Waals surface area (Å²) in [6, 6.07) is 16.4. The zero-order chi connectivity index (χ0) is 14.9. The Morgan fingerprint density at radius 2 is 1.86 bits per heavy atom. The molecule has 3 aromatic rings. The van der Waals surface area contributed by atoms with Crippen molar-refractivity contribution in [3.8, 4) is 11.4 Å². The third kappa shape index (κ3) is 2.44. The largest absolute Gasteiger partial charge is 0.311 e. The lowest BCUT2D eigenvalue weighted by atomic mass is 10.0. The maximum atomic E-state index is 4.60. The number of halogens is 1. The van der Waals surface area contributed by atoms with Crippen LogP contribution in [0.2, 0.25) is 0 Å². The van der Waals surface area contributed by atoms with E-state index >= 15 is 0 Å². The van der Waals surface area contributed by atoms with Crippen LogP contribution in [0.15, 0.2) is 59.2 Å². The van der Waals surface area contributed by atoms with Gasteiger partial charge in [-0.05, 0) is 29.3 Å². The summed E-state index contributed by atoms with van der Waals surface area (Å²) in [5.74, 6) is 1.46. The van der Waals surface area contributed by atoms with Gasteiger partial charge in [-0.25, -0.2) is 0 Å². The number of rotatable bonds is 2. The van der Waals surface area contributed by atoms with Crippen molar-refractivity contribution < 1.29 is 0 Å². The minimum atomic E-state index is 0.684. The van der Waals surface area contributed by atoms with Crippen LogP contribution in [0.5, 0.6) is 0 Å². The molecule has 0 radical (unpaired) electrons. The molecule has 5 heteroatoms. The van der Waals surface area contributed by atoms with Crippen molar-refractivity contribution in [1.29, 1.82) is 0 Å². The SMILES string of the molecule is Brc1ccc(-c2nc(N3C=Cc4ccccc4C3)n[nH]2)cc1. The lowest BCUT2D eigenvalue weighted by Crippen LogP contribution is -2.20. The number of benzene rings is 2. The Kier molecular flexibility index (Phi) is 3.27. The highest BCUT2D eigenvalue weighted by Gasteiger charge is 2.15. The van der Waals surface area contributed by atoms with E-state index in [1.54, 1.807) is 0 Å². The molecule has 0 saturated heterocycles. The first kappa shape index (κ1) is 13.3. The monoisotopic (exact) mass is 352 g/mol. The van der Waals surface area contributed by atoms with Crippen LogP contribution in [-0.4, -0.2) is 15.2 Å². The van der Waals surface area contributed by atoms with Gasteiger partial charge in [0.05, 0.1) is 6.54 Å². The second-order valence-corrected chi connectivity index (χ2v) is 6.05. The van der Waals surface area contributed by atoms with Gasteiger partial charge in [-0.2, -0.15) is 4.98 Å². The average molecular weight is 353 g/mol. The van der Waals surface area contributed by atoms with Crippen LogP contribution in [0, 0.1) is 0 Å². The van der Waals surface area contributed by atoms with Crippen molar-refractivity contribution in [3.05, 3.63) is 70.3 Å². The molecule has 1 aromatic heterocycles. The highest BCUT2D eigenvalue weighted by atomic mass is 79.9. The second kappa shape index (κ2) is 5.42. The first-order valence-corrected chi connectivity index (χ1v) is 7.80. The van der Waals surface area contributed by atoms with Gasteiger partial charge in [0.25, 0.3) is 0 Å². The number of fused-ring (bicyclic) bond motifs is 1. The molecule has 108 valence electrons. The number of H-pyrrole nitrogens is 1. The standard InChI is InChI=1S/C17H13BrN4/c18-15-7-5-13(6-8-15)16-19-17(21-20-16)22-10-9-12-3-1-2-4-14(12)11-22/h1-10H,11H2,(H,19,20,21). The molecule has 0 fully saturated rings. The average Bonchev–Trinajstić information content (AvgIpc) is 3.05. The van der Waals surface area contributed by atoms with Crippen LogP contribution < -0.4 is 4.90 Å². The van der Waals surface area contributed by atoms with Gasteiger partial charge in [0.1, 0.15) is 0 Å². The van der Waals surface area contributed by atoms with E-state index in [0.717, 1.165) is 22.4 Å². The van der Waals surface area contributed by atoms with Gasteiger partial charge in [-0.1, -0.05) is 52.3 Å². The normalized spacial score (nSPS) is 13.2. The van der Waals surface area contributed by atoms with Gasteiger partial charge < -0.3 is 4.90 Å². The number of nitrogens with one attached hydrogen (secondary N) is 1. The fraction of sp³-hybridized carbons (Fsp3) is 0.0588. The first-order chi connectivity index (χ1) is 10.8. The van der Waals surface area contributed by atoms with Crippen molar-refractivity contribution in [1.82, 2.24) is 15.2 Å². The van der Waals surface area contributed by atoms with Crippen molar-refractivity contribution in [2.24, 2.45) is 0 Å². The fourth-order valence-corrected chi connectivity index (χ4v) is 2.77. The topological polar surface area (TPSA) is 44.8 Å². The number of aromatic amines is 1. The quantitative estimate of drug-likeness (QED) is 0.750. The molecular weight excluding hydrogens is 340 g/mol. The summed E-state index contributed by atoms with van der Waals surface area (Å²) in [4.78, 5) is 6.64. The van der Waals surface area contributed by atoms with Gasteiger partial charge in [0.2, 0.25) is 5.95 Å². The van der Waals surface area contributed by atoms with E-state index in [4.69, 9.17) is 0 Å². The zero-order valence-corrected chi connectivity index (χ0v) is 13.3. The maximum absolute atomic E-state index is 4.60. The first-order valence-electron chi connectivity index (χ1n) is 7.01. The minimum absolute atomic E-state index is 0.684. The number of hydrogen-bond acceptors (Lipinski definition) is 3. The molecule has 4 rings (SSSR count). The Labute approximate surface area is 136 Å². The Hall–Kier alpha value is -2.40. The lowest BCUT2D eigenvalue weighted by molar-refractivity contribution is 0.899. The molecule has 4 nitrogen and oxygen atoms in total. The molecule has 0 amide bonds. The predicted octanol–water partition coefficient (Wildman–Crippen LogP) is 4.23. The van der Waals surface area contributed by atoms with Crippen LogP contribution >= 0.6 is 15.9 Å². The molecule has 0 spiro atoms. The number of hydrogen-bond donors (Lipinski definition) is 1. The van der Waals surface area contributed by atoms with E-state index in [2.05, 4.69) is 61.5 Å². The van der Waals surface area contributed by atoms with Gasteiger partial charge in [0.15, 0.2) is 5.82 Å². The van der Waals surface area contributed by atoms with E-state index in [-0.39, 0.29) is 0 Å². The van der Waals surface area contributed by atoms with E-state index in [1.165, 1.54) is 11.1 Å². The summed E-state index contributed by atoms with van der Waals surface area (Å²) in [6.07, 6.45) is 4.12. The highest BCUT2D eigenvalue weighted by molar-refractivity contribution is 9.10. The third-order valence-electron chi connectivity index (χ3n) is 3.68. The summed E-state index contributed by atoms with van der Waals surface area (Å²) in [7, 11) is 0. The van der Waals surface area contributed by atoms with Crippen molar-refractivity contribution in [3.63, 3.8) is 0 Å². The van der Waals surface area contributed by atoms with Crippen LogP contribution in [0.25, 0.3) is 17.5 Å². The Bertz CT molecular complexity index is 836. The molecule has 0 unspecified atom stereocenters. The molecular formula is C17H13BrN4. The molecule has 0 saturated carbocycles. The summed E-state index contributed by atoms with van der Waals surface area (Å²) in [6.45, 7) is 0.782. The molecule has 0 bridgehead atoms. The van der Waals surface area contributed by atoms with Crippen molar-refractivity contribution >= 4 is 28.0 Å². The smallest absolute Gasteiger partial charge is 0.249 e. The predicted molar refractivity (Wildman–Crippen MR) is 91.2 cm³/mol. The number of anilines is 1. The Morgan fingerprint density at radius 3 is 2.73 bits per heavy atom. The van der Waals surface area contributed by atoms with Crippen LogP contribution in [0.4, 0.5) is 5.95 Å². The van der Waals surface area contributed by atoms with Gasteiger partial charge in [-0.15, -0.1) is 5.10 Å². The molecule has 22 heavy (non-hydrogen) atoms. The molecule has 1 N–H and O–H groups in total. The second-order valence-electron chi connectivity index (χ2n) is 5.13. The van der Waals surface area contributed by atoms with Crippen LogP contribution in [-0.2, 0) is 6.54 Å². The number of nitrogens with zero attached hydrogens (tertiary/aromatic N) is 3. The Balaban J connectivity index is 1.62. The Morgan fingerprint density at radius 1 is 1.05 bits per heavy atom. The van der Waals surface area contributed by atoms with Crippen molar-refractivity contribution in [2.45, 2.75) is 6.54 Å². The molecule has 0 aliphatic carbocycles. The van der Waals surface area contributed by atoms with E-state index < -0.39 is 0 Å². The molecule has 0 atom stereocenters. The third-order valence-corrected chi connectivity index (χ3v) is 4.21. The summed E-state index contributed by atoms with van der Waals surface area (Å²) >= 11 is 3.44. The van der Waals surface area contributed by atoms with Gasteiger partial charge in [-0.3, -0.25) is 5.10 Å².